The van der Waals surface area contributed by atoms with E-state index in [9.17, 15) is 23.2 Å². The fourth-order valence-electron chi connectivity index (χ4n) is 3.68. The molecule has 1 saturated heterocycles. The lowest BCUT2D eigenvalue weighted by atomic mass is 10.1. The van der Waals surface area contributed by atoms with Crippen LogP contribution in [0.25, 0.3) is 0 Å². The lowest BCUT2D eigenvalue weighted by Crippen LogP contribution is -2.47. The minimum Gasteiger partial charge on any atom is -0.445 e. The second-order valence-corrected chi connectivity index (χ2v) is 8.11. The van der Waals surface area contributed by atoms with Crippen LogP contribution in [0.15, 0.2) is 60.9 Å². The molecule has 2 N–H and O–H groups in total. The Morgan fingerprint density at radius 3 is 2.39 bits per heavy atom. The van der Waals surface area contributed by atoms with Crippen LogP contribution in [0.2, 0.25) is 0 Å². The fourth-order valence-corrected chi connectivity index (χ4v) is 3.68. The van der Waals surface area contributed by atoms with Crippen LogP contribution in [0.1, 0.15) is 39.3 Å². The quantitative estimate of drug-likeness (QED) is 0.541. The van der Waals surface area contributed by atoms with E-state index in [1.54, 1.807) is 4.90 Å². The Hall–Kier alpha value is -4.41. The van der Waals surface area contributed by atoms with Crippen LogP contribution < -0.4 is 10.6 Å². The first-order valence-corrected chi connectivity index (χ1v) is 11.2. The number of aromatic nitrogens is 2. The van der Waals surface area contributed by atoms with E-state index in [-0.39, 0.29) is 29.7 Å². The average Bonchev–Trinajstić information content (AvgIpc) is 2.90. The van der Waals surface area contributed by atoms with Crippen LogP contribution in [0, 0.1) is 11.6 Å². The number of nitrogens with one attached hydrogen (secondary N) is 2. The van der Waals surface area contributed by atoms with Gasteiger partial charge >= 0.3 is 6.09 Å². The van der Waals surface area contributed by atoms with Crippen molar-refractivity contribution in [3.8, 4) is 0 Å². The monoisotopic (exact) mass is 495 g/mol. The molecule has 1 aliphatic rings. The van der Waals surface area contributed by atoms with Crippen LogP contribution in [-0.2, 0) is 11.3 Å². The summed E-state index contributed by atoms with van der Waals surface area (Å²) in [5, 5.41) is 5.25. The van der Waals surface area contributed by atoms with Gasteiger partial charge in [-0.15, -0.1) is 0 Å². The predicted molar refractivity (Wildman–Crippen MR) is 125 cm³/mol. The molecule has 3 aromatic rings. The number of rotatable bonds is 6. The normalized spacial score (nSPS) is 13.7. The topological polar surface area (TPSA) is 114 Å². The Balaban J connectivity index is 1.30. The molecular weight excluding hydrogens is 472 g/mol. The highest BCUT2D eigenvalue weighted by Gasteiger charge is 2.26. The molecule has 9 nitrogen and oxygen atoms in total. The standard InChI is InChI=1S/C25H23F2N5O4/c26-19-7-6-17(14-20(19)27)23(33)31-22-21(28-10-11-29-22)24(34)30-18-8-12-32(13-9-18)25(35)36-15-16-4-2-1-3-5-16/h1-7,10-11,14,18H,8-9,12-13,15H2,(H,30,34)(H,29,31,33). The van der Waals surface area contributed by atoms with E-state index in [1.165, 1.54) is 12.4 Å². The molecule has 2 heterocycles. The number of anilines is 1. The number of carbonyl (C=O) groups is 3. The van der Waals surface area contributed by atoms with Gasteiger partial charge in [0.1, 0.15) is 6.61 Å². The molecule has 1 aromatic heterocycles. The van der Waals surface area contributed by atoms with Gasteiger partial charge in [-0.25, -0.2) is 23.5 Å². The van der Waals surface area contributed by atoms with E-state index in [1.807, 2.05) is 30.3 Å². The van der Waals surface area contributed by atoms with Gasteiger partial charge in [-0.3, -0.25) is 9.59 Å². The van der Waals surface area contributed by atoms with Crippen molar-refractivity contribution in [1.82, 2.24) is 20.2 Å². The van der Waals surface area contributed by atoms with Gasteiger partial charge in [-0.05, 0) is 36.6 Å². The van der Waals surface area contributed by atoms with Gasteiger partial charge in [0.25, 0.3) is 11.8 Å². The molecule has 11 heteroatoms. The Morgan fingerprint density at radius 1 is 0.944 bits per heavy atom. The SMILES string of the molecule is O=C(Nc1nccnc1C(=O)NC1CCN(C(=O)OCc2ccccc2)CC1)c1ccc(F)c(F)c1. The summed E-state index contributed by atoms with van der Waals surface area (Å²) in [4.78, 5) is 47.2. The lowest BCUT2D eigenvalue weighted by Gasteiger charge is -2.31. The Bertz CT molecular complexity index is 1250. The van der Waals surface area contributed by atoms with Crippen LogP contribution in [0.4, 0.5) is 19.4 Å². The highest BCUT2D eigenvalue weighted by molar-refractivity contribution is 6.07. The van der Waals surface area contributed by atoms with Crippen LogP contribution in [-0.4, -0.2) is 51.9 Å². The molecule has 1 aliphatic heterocycles. The summed E-state index contributed by atoms with van der Waals surface area (Å²) >= 11 is 0. The third kappa shape index (κ3) is 6.17. The molecule has 0 bridgehead atoms. The zero-order valence-corrected chi connectivity index (χ0v) is 19.1. The van der Waals surface area contributed by atoms with Crippen molar-refractivity contribution in [3.05, 3.63) is 89.4 Å². The number of halogens is 2. The van der Waals surface area contributed by atoms with Crippen molar-refractivity contribution >= 4 is 23.7 Å². The predicted octanol–water partition coefficient (Wildman–Crippen LogP) is 3.54. The third-order valence-electron chi connectivity index (χ3n) is 5.62. The molecular formula is C25H23F2N5O4. The summed E-state index contributed by atoms with van der Waals surface area (Å²) in [7, 11) is 0. The number of piperidine rings is 1. The van der Waals surface area contributed by atoms with E-state index in [4.69, 9.17) is 4.74 Å². The van der Waals surface area contributed by atoms with Crippen molar-refractivity contribution in [2.24, 2.45) is 0 Å². The van der Waals surface area contributed by atoms with Crippen LogP contribution >= 0.6 is 0 Å². The highest BCUT2D eigenvalue weighted by atomic mass is 19.2. The molecule has 3 amide bonds. The number of benzene rings is 2. The van der Waals surface area contributed by atoms with Crippen molar-refractivity contribution in [1.29, 1.82) is 0 Å². The molecule has 2 aromatic carbocycles. The zero-order chi connectivity index (χ0) is 25.5. The van der Waals surface area contributed by atoms with Gasteiger partial charge in [0.15, 0.2) is 23.1 Å². The first-order valence-electron chi connectivity index (χ1n) is 11.2. The molecule has 0 spiro atoms. The first kappa shape index (κ1) is 24.7. The van der Waals surface area contributed by atoms with Crippen LogP contribution in [0.5, 0.6) is 0 Å². The second-order valence-electron chi connectivity index (χ2n) is 8.11. The molecule has 0 radical (unpaired) electrons. The molecule has 0 aliphatic carbocycles. The third-order valence-corrected chi connectivity index (χ3v) is 5.62. The molecule has 4 rings (SSSR count). The Labute approximate surface area is 205 Å². The summed E-state index contributed by atoms with van der Waals surface area (Å²) in [6, 6.07) is 11.8. The summed E-state index contributed by atoms with van der Waals surface area (Å²) in [5.74, 6) is -3.71. The number of carbonyl (C=O) groups excluding carboxylic acids is 3. The number of likely N-dealkylation sites (tertiary alicyclic amines) is 1. The Kier molecular flexibility index (Phi) is 7.79. The minimum absolute atomic E-state index is 0.119. The average molecular weight is 495 g/mol. The van der Waals surface area contributed by atoms with E-state index < -0.39 is 29.5 Å². The van der Waals surface area contributed by atoms with Crippen molar-refractivity contribution in [2.75, 3.05) is 18.4 Å². The van der Waals surface area contributed by atoms with Crippen molar-refractivity contribution in [3.63, 3.8) is 0 Å². The van der Waals surface area contributed by atoms with Crippen molar-refractivity contribution < 1.29 is 27.9 Å². The minimum atomic E-state index is -1.17. The van der Waals surface area contributed by atoms with Gasteiger partial charge < -0.3 is 20.3 Å². The summed E-state index contributed by atoms with van der Waals surface area (Å²) in [5.41, 5.74) is 0.625. The summed E-state index contributed by atoms with van der Waals surface area (Å²) in [6.45, 7) is 0.986. The van der Waals surface area contributed by atoms with E-state index in [0.717, 1.165) is 23.8 Å². The van der Waals surface area contributed by atoms with Crippen LogP contribution in [0.3, 0.4) is 0 Å². The van der Waals surface area contributed by atoms with E-state index in [2.05, 4.69) is 20.6 Å². The second kappa shape index (κ2) is 11.3. The smallest absolute Gasteiger partial charge is 0.410 e. The van der Waals surface area contributed by atoms with Gasteiger partial charge in [-0.1, -0.05) is 30.3 Å². The number of ether oxygens (including phenoxy) is 1. The highest BCUT2D eigenvalue weighted by Crippen LogP contribution is 2.16. The first-order chi connectivity index (χ1) is 17.4. The molecule has 186 valence electrons. The largest absolute Gasteiger partial charge is 0.445 e. The van der Waals surface area contributed by atoms with Crippen molar-refractivity contribution in [2.45, 2.75) is 25.5 Å². The molecule has 36 heavy (non-hydrogen) atoms. The Morgan fingerprint density at radius 2 is 1.67 bits per heavy atom. The fraction of sp³-hybridized carbons (Fsp3) is 0.240. The summed E-state index contributed by atoms with van der Waals surface area (Å²) < 4.78 is 32.0. The van der Waals surface area contributed by atoms with E-state index in [0.29, 0.717) is 25.9 Å². The zero-order valence-electron chi connectivity index (χ0n) is 19.1. The lowest BCUT2D eigenvalue weighted by molar-refractivity contribution is 0.0807. The summed E-state index contributed by atoms with van der Waals surface area (Å²) in [6.07, 6.45) is 3.18. The number of amides is 3. The van der Waals surface area contributed by atoms with E-state index >= 15 is 0 Å². The number of hydrogen-bond donors (Lipinski definition) is 2. The number of nitrogens with zero attached hydrogens (tertiary/aromatic N) is 3. The molecule has 0 atom stereocenters. The maximum Gasteiger partial charge on any atom is 0.410 e. The van der Waals surface area contributed by atoms with Gasteiger partial charge in [0, 0.05) is 37.1 Å². The molecule has 0 saturated carbocycles. The van der Waals surface area contributed by atoms with Gasteiger partial charge in [0.05, 0.1) is 0 Å². The van der Waals surface area contributed by atoms with Gasteiger partial charge in [0.2, 0.25) is 0 Å². The van der Waals surface area contributed by atoms with Gasteiger partial charge in [-0.2, -0.15) is 0 Å². The number of hydrogen-bond acceptors (Lipinski definition) is 6. The molecule has 0 unspecified atom stereocenters. The molecule has 1 fully saturated rings. The maximum absolute atomic E-state index is 13.5. The maximum atomic E-state index is 13.5.